The maximum atomic E-state index is 14.7. The van der Waals surface area contributed by atoms with E-state index in [2.05, 4.69) is 5.16 Å². The minimum absolute atomic E-state index is 0.113. The van der Waals surface area contributed by atoms with E-state index in [-0.39, 0.29) is 13.0 Å². The molecule has 1 aromatic carbocycles. The van der Waals surface area contributed by atoms with E-state index in [0.29, 0.717) is 12.2 Å². The van der Waals surface area contributed by atoms with Crippen molar-refractivity contribution in [1.29, 1.82) is 0 Å². The van der Waals surface area contributed by atoms with Crippen molar-refractivity contribution in [3.63, 3.8) is 0 Å². The zero-order valence-corrected chi connectivity index (χ0v) is 11.1. The van der Waals surface area contributed by atoms with Crippen molar-refractivity contribution in [3.8, 4) is 0 Å². The highest BCUT2D eigenvalue weighted by Gasteiger charge is 2.39. The summed E-state index contributed by atoms with van der Waals surface area (Å²) >= 11 is 0. The average molecular weight is 267 g/mol. The number of carbonyl (C=O) groups excluding carboxylic acids is 1. The van der Waals surface area contributed by atoms with Crippen LogP contribution in [-0.4, -0.2) is 31.1 Å². The number of alkyl halides is 1. The Hall–Kier alpha value is -1.91. The Bertz CT molecular complexity index is 422. The second-order valence-electron chi connectivity index (χ2n) is 3.90. The first-order valence-electron chi connectivity index (χ1n) is 6.19. The summed E-state index contributed by atoms with van der Waals surface area (Å²) in [6.45, 7) is 3.77. The van der Waals surface area contributed by atoms with Gasteiger partial charge in [0.25, 0.3) is 0 Å². The van der Waals surface area contributed by atoms with Crippen molar-refractivity contribution in [2.75, 3.05) is 13.2 Å². The van der Waals surface area contributed by atoms with E-state index in [4.69, 9.17) is 9.57 Å². The van der Waals surface area contributed by atoms with E-state index >= 15 is 0 Å². The molecule has 1 atom stereocenters. The minimum Gasteiger partial charge on any atom is -0.463 e. The van der Waals surface area contributed by atoms with Crippen LogP contribution in [-0.2, 0) is 20.8 Å². The van der Waals surface area contributed by atoms with Crippen LogP contribution in [0.2, 0.25) is 0 Å². The molecule has 1 rings (SSSR count). The summed E-state index contributed by atoms with van der Waals surface area (Å²) in [7, 11) is 0. The average Bonchev–Trinajstić information content (AvgIpc) is 2.40. The predicted octanol–water partition coefficient (Wildman–Crippen LogP) is 2.52. The number of benzene rings is 1. The molecule has 0 unspecified atom stereocenters. The van der Waals surface area contributed by atoms with Crippen molar-refractivity contribution in [3.05, 3.63) is 35.9 Å². The van der Waals surface area contributed by atoms with Crippen molar-refractivity contribution >= 4 is 12.2 Å². The molecule has 0 aromatic heterocycles. The molecule has 0 fully saturated rings. The van der Waals surface area contributed by atoms with Gasteiger partial charge in [-0.25, -0.2) is 9.18 Å². The number of hydrogen-bond acceptors (Lipinski definition) is 4. The SMILES string of the molecule is CCO/N=C\[C@@](F)(Cc1ccccc1)C(=O)OCC. The maximum Gasteiger partial charge on any atom is 0.350 e. The summed E-state index contributed by atoms with van der Waals surface area (Å²) in [5.74, 6) is -0.956. The Labute approximate surface area is 112 Å². The van der Waals surface area contributed by atoms with Crippen LogP contribution < -0.4 is 0 Å². The van der Waals surface area contributed by atoms with Gasteiger partial charge in [0, 0.05) is 6.42 Å². The zero-order valence-electron chi connectivity index (χ0n) is 11.1. The molecule has 0 saturated heterocycles. The van der Waals surface area contributed by atoms with Crippen molar-refractivity contribution in [1.82, 2.24) is 0 Å². The Morgan fingerprint density at radius 3 is 2.58 bits per heavy atom. The largest absolute Gasteiger partial charge is 0.463 e. The predicted molar refractivity (Wildman–Crippen MR) is 70.7 cm³/mol. The number of ether oxygens (including phenoxy) is 1. The summed E-state index contributed by atoms with van der Waals surface area (Å²) in [6, 6.07) is 8.85. The van der Waals surface area contributed by atoms with E-state index in [1.165, 1.54) is 0 Å². The molecular formula is C14H18FNO3. The highest BCUT2D eigenvalue weighted by atomic mass is 19.1. The van der Waals surface area contributed by atoms with Gasteiger partial charge in [0.2, 0.25) is 5.67 Å². The lowest BCUT2D eigenvalue weighted by atomic mass is 9.97. The molecule has 5 heteroatoms. The van der Waals surface area contributed by atoms with Crippen LogP contribution in [0.25, 0.3) is 0 Å². The quantitative estimate of drug-likeness (QED) is 0.433. The third kappa shape index (κ3) is 4.69. The third-order valence-electron chi connectivity index (χ3n) is 2.38. The van der Waals surface area contributed by atoms with Gasteiger partial charge < -0.3 is 9.57 Å². The smallest absolute Gasteiger partial charge is 0.350 e. The molecular weight excluding hydrogens is 249 g/mol. The van der Waals surface area contributed by atoms with Crippen LogP contribution in [0.1, 0.15) is 19.4 Å². The minimum atomic E-state index is -2.31. The molecule has 0 aliphatic rings. The van der Waals surface area contributed by atoms with E-state index in [0.717, 1.165) is 6.21 Å². The van der Waals surface area contributed by atoms with Crippen LogP contribution in [0.3, 0.4) is 0 Å². The Kier molecular flexibility index (Phi) is 5.99. The lowest BCUT2D eigenvalue weighted by Gasteiger charge is -2.18. The van der Waals surface area contributed by atoms with E-state index in [9.17, 15) is 9.18 Å². The van der Waals surface area contributed by atoms with Crippen LogP contribution in [0.4, 0.5) is 4.39 Å². The van der Waals surface area contributed by atoms with Gasteiger partial charge >= 0.3 is 5.97 Å². The van der Waals surface area contributed by atoms with Crippen molar-refractivity contribution in [2.24, 2.45) is 5.16 Å². The summed E-state index contributed by atoms with van der Waals surface area (Å²) < 4.78 is 19.4. The van der Waals surface area contributed by atoms with Gasteiger partial charge in [0.05, 0.1) is 12.8 Å². The van der Waals surface area contributed by atoms with Crippen LogP contribution in [0.15, 0.2) is 35.5 Å². The van der Waals surface area contributed by atoms with Crippen LogP contribution in [0.5, 0.6) is 0 Å². The molecule has 0 radical (unpaired) electrons. The van der Waals surface area contributed by atoms with Crippen molar-refractivity contribution in [2.45, 2.75) is 25.9 Å². The first-order chi connectivity index (χ1) is 9.12. The number of nitrogens with zero attached hydrogens (tertiary/aromatic N) is 1. The fourth-order valence-electron chi connectivity index (χ4n) is 1.51. The second kappa shape index (κ2) is 7.51. The summed E-state index contributed by atoms with van der Waals surface area (Å²) in [5.41, 5.74) is -1.63. The highest BCUT2D eigenvalue weighted by Crippen LogP contribution is 2.18. The third-order valence-corrected chi connectivity index (χ3v) is 2.38. The molecule has 0 spiro atoms. The molecule has 0 bridgehead atoms. The first-order valence-corrected chi connectivity index (χ1v) is 6.19. The molecule has 0 amide bonds. The van der Waals surface area contributed by atoms with Gasteiger partial charge in [-0.05, 0) is 19.4 Å². The van der Waals surface area contributed by atoms with Gasteiger partial charge in [-0.1, -0.05) is 35.5 Å². The summed E-state index contributed by atoms with van der Waals surface area (Å²) in [4.78, 5) is 16.4. The van der Waals surface area contributed by atoms with Gasteiger partial charge in [-0.15, -0.1) is 0 Å². The molecule has 0 aliphatic carbocycles. The Morgan fingerprint density at radius 1 is 1.32 bits per heavy atom. The van der Waals surface area contributed by atoms with Gasteiger partial charge in [-0.3, -0.25) is 0 Å². The van der Waals surface area contributed by atoms with E-state index in [1.807, 2.05) is 6.07 Å². The normalized spacial score (nSPS) is 14.1. The molecule has 0 aliphatic heterocycles. The lowest BCUT2D eigenvalue weighted by Crippen LogP contribution is -2.39. The zero-order chi connectivity index (χ0) is 14.1. The summed E-state index contributed by atoms with van der Waals surface area (Å²) in [5, 5.41) is 3.46. The second-order valence-corrected chi connectivity index (χ2v) is 3.90. The summed E-state index contributed by atoms with van der Waals surface area (Å²) in [6.07, 6.45) is 0.727. The fourth-order valence-corrected chi connectivity index (χ4v) is 1.51. The Morgan fingerprint density at radius 2 is 2.00 bits per heavy atom. The molecule has 4 nitrogen and oxygen atoms in total. The van der Waals surface area contributed by atoms with Crippen LogP contribution >= 0.6 is 0 Å². The topological polar surface area (TPSA) is 47.9 Å². The monoisotopic (exact) mass is 267 g/mol. The number of esters is 1. The van der Waals surface area contributed by atoms with E-state index < -0.39 is 11.6 Å². The molecule has 104 valence electrons. The first kappa shape index (κ1) is 15.1. The van der Waals surface area contributed by atoms with Crippen molar-refractivity contribution < 1.29 is 18.8 Å². The lowest BCUT2D eigenvalue weighted by molar-refractivity contribution is -0.152. The van der Waals surface area contributed by atoms with Crippen LogP contribution in [0, 0.1) is 0 Å². The fraction of sp³-hybridized carbons (Fsp3) is 0.429. The maximum absolute atomic E-state index is 14.7. The molecule has 0 N–H and O–H groups in total. The molecule has 0 heterocycles. The van der Waals surface area contributed by atoms with Gasteiger partial charge in [-0.2, -0.15) is 0 Å². The molecule has 1 aromatic rings. The van der Waals surface area contributed by atoms with Gasteiger partial charge in [0.15, 0.2) is 0 Å². The molecule has 0 saturated carbocycles. The highest BCUT2D eigenvalue weighted by molar-refractivity contribution is 5.98. The number of carbonyl (C=O) groups is 1. The number of halogens is 1. The van der Waals surface area contributed by atoms with Gasteiger partial charge in [0.1, 0.15) is 6.61 Å². The van der Waals surface area contributed by atoms with E-state index in [1.54, 1.807) is 38.1 Å². The number of hydrogen-bond donors (Lipinski definition) is 0. The Balaban J connectivity index is 2.88. The standard InChI is InChI=1S/C14H18FNO3/c1-3-18-13(17)14(15,11-16-19-4-2)10-12-8-6-5-7-9-12/h5-9,11H,3-4,10H2,1-2H3/b16-11-/t14-/m0/s1. The molecule has 19 heavy (non-hydrogen) atoms. The number of rotatable bonds is 7. The number of oxime groups is 1.